The lowest BCUT2D eigenvalue weighted by Gasteiger charge is -2.19. The zero-order valence-electron chi connectivity index (χ0n) is 18.1. The first-order valence-corrected chi connectivity index (χ1v) is 10.4. The summed E-state index contributed by atoms with van der Waals surface area (Å²) < 4.78 is 0. The van der Waals surface area contributed by atoms with E-state index in [0.717, 1.165) is 43.4 Å². The maximum Gasteiger partial charge on any atom is 0.223 e. The van der Waals surface area contributed by atoms with Crippen molar-refractivity contribution >= 4 is 17.7 Å². The zero-order chi connectivity index (χ0) is 21.3. The van der Waals surface area contributed by atoms with Crippen LogP contribution in [0.2, 0.25) is 0 Å². The molecule has 160 valence electrons. The van der Waals surface area contributed by atoms with Crippen molar-refractivity contribution in [3.8, 4) is 0 Å². The minimum Gasteiger partial charge on any atom is -0.362 e. The average Bonchev–Trinajstić information content (AvgIpc) is 3.12. The number of aromatic nitrogens is 1. The monoisotopic (exact) mass is 408 g/mol. The zero-order valence-corrected chi connectivity index (χ0v) is 18.1. The Kier molecular flexibility index (Phi) is 7.65. The molecule has 1 fully saturated rings. The summed E-state index contributed by atoms with van der Waals surface area (Å²) in [5.41, 5.74) is 2.37. The molecule has 1 aromatic carbocycles. The Bertz CT molecular complexity index is 852. The number of amides is 1. The van der Waals surface area contributed by atoms with Gasteiger partial charge in [-0.15, -0.1) is 0 Å². The molecule has 2 heterocycles. The standard InChI is InChI=1S/C23H32N6O/c1-24-23(27-16-20-10-7-12-25-22(20)28(2)3)26-15-19-14-21(30)29(17-19)13-11-18-8-5-4-6-9-18/h4-10,12,19H,11,13-17H2,1-3H3,(H2,24,26,27). The van der Waals surface area contributed by atoms with Gasteiger partial charge in [-0.05, 0) is 18.1 Å². The summed E-state index contributed by atoms with van der Waals surface area (Å²) in [6.07, 6.45) is 3.29. The Morgan fingerprint density at radius 2 is 2.00 bits per heavy atom. The molecule has 3 rings (SSSR count). The molecule has 1 aliphatic rings. The normalized spacial score (nSPS) is 16.6. The van der Waals surface area contributed by atoms with E-state index in [4.69, 9.17) is 0 Å². The van der Waals surface area contributed by atoms with Crippen LogP contribution in [0, 0.1) is 5.92 Å². The Labute approximate surface area is 179 Å². The highest BCUT2D eigenvalue weighted by Gasteiger charge is 2.29. The number of nitrogens with one attached hydrogen (secondary N) is 2. The Morgan fingerprint density at radius 3 is 2.73 bits per heavy atom. The molecular weight excluding hydrogens is 376 g/mol. The highest BCUT2D eigenvalue weighted by Crippen LogP contribution is 2.18. The average molecular weight is 409 g/mol. The Hall–Kier alpha value is -3.09. The summed E-state index contributed by atoms with van der Waals surface area (Å²) >= 11 is 0. The summed E-state index contributed by atoms with van der Waals surface area (Å²) in [6.45, 7) is 2.93. The number of benzene rings is 1. The predicted molar refractivity (Wildman–Crippen MR) is 122 cm³/mol. The number of nitrogens with zero attached hydrogens (tertiary/aromatic N) is 4. The van der Waals surface area contributed by atoms with E-state index in [1.807, 2.05) is 48.2 Å². The van der Waals surface area contributed by atoms with E-state index in [2.05, 4.69) is 38.8 Å². The Morgan fingerprint density at radius 1 is 1.20 bits per heavy atom. The van der Waals surface area contributed by atoms with Gasteiger partial charge >= 0.3 is 0 Å². The van der Waals surface area contributed by atoms with Crippen molar-refractivity contribution in [2.75, 3.05) is 45.7 Å². The van der Waals surface area contributed by atoms with Crippen LogP contribution in [0.1, 0.15) is 17.5 Å². The number of aliphatic imine (C=N–C) groups is 1. The van der Waals surface area contributed by atoms with Crippen molar-refractivity contribution in [2.45, 2.75) is 19.4 Å². The summed E-state index contributed by atoms with van der Waals surface area (Å²) in [7, 11) is 5.73. The summed E-state index contributed by atoms with van der Waals surface area (Å²) in [5, 5.41) is 6.72. The topological polar surface area (TPSA) is 72.9 Å². The van der Waals surface area contributed by atoms with Crippen LogP contribution < -0.4 is 15.5 Å². The fourth-order valence-corrected chi connectivity index (χ4v) is 3.73. The molecule has 7 nitrogen and oxygen atoms in total. The first-order valence-electron chi connectivity index (χ1n) is 10.4. The van der Waals surface area contributed by atoms with Gasteiger partial charge in [-0.25, -0.2) is 4.98 Å². The molecule has 0 spiro atoms. The van der Waals surface area contributed by atoms with Gasteiger partial charge in [-0.1, -0.05) is 36.4 Å². The molecule has 1 saturated heterocycles. The quantitative estimate of drug-likeness (QED) is 0.516. The third kappa shape index (κ3) is 5.95. The number of likely N-dealkylation sites (tertiary alicyclic amines) is 1. The van der Waals surface area contributed by atoms with Gasteiger partial charge in [-0.2, -0.15) is 0 Å². The molecule has 1 amide bonds. The summed E-state index contributed by atoms with van der Waals surface area (Å²) in [4.78, 5) is 25.1. The second kappa shape index (κ2) is 10.6. The van der Waals surface area contributed by atoms with Crippen molar-refractivity contribution in [3.05, 3.63) is 59.8 Å². The lowest BCUT2D eigenvalue weighted by atomic mass is 10.1. The van der Waals surface area contributed by atoms with Crippen LogP contribution in [0.5, 0.6) is 0 Å². The van der Waals surface area contributed by atoms with E-state index in [-0.39, 0.29) is 5.91 Å². The highest BCUT2D eigenvalue weighted by molar-refractivity contribution is 5.81. The van der Waals surface area contributed by atoms with Gasteiger partial charge < -0.3 is 20.4 Å². The van der Waals surface area contributed by atoms with Gasteiger partial charge in [0, 0.05) is 71.4 Å². The third-order valence-corrected chi connectivity index (χ3v) is 5.33. The number of carbonyl (C=O) groups excluding carboxylic acids is 1. The van der Waals surface area contributed by atoms with Crippen LogP contribution >= 0.6 is 0 Å². The van der Waals surface area contributed by atoms with Crippen LogP contribution in [0.4, 0.5) is 5.82 Å². The van der Waals surface area contributed by atoms with Gasteiger partial charge in [0.05, 0.1) is 0 Å². The van der Waals surface area contributed by atoms with Gasteiger partial charge in [0.2, 0.25) is 5.91 Å². The minimum atomic E-state index is 0.242. The number of guanidine groups is 1. The number of pyridine rings is 1. The first-order chi connectivity index (χ1) is 14.6. The van der Waals surface area contributed by atoms with Gasteiger partial charge in [0.15, 0.2) is 5.96 Å². The largest absolute Gasteiger partial charge is 0.362 e. The van der Waals surface area contributed by atoms with Gasteiger partial charge in [0.1, 0.15) is 5.82 Å². The van der Waals surface area contributed by atoms with E-state index in [0.29, 0.717) is 18.9 Å². The highest BCUT2D eigenvalue weighted by atomic mass is 16.2. The molecule has 7 heteroatoms. The van der Waals surface area contributed by atoms with Crippen LogP contribution in [0.25, 0.3) is 0 Å². The van der Waals surface area contributed by atoms with Crippen molar-refractivity contribution in [3.63, 3.8) is 0 Å². The van der Waals surface area contributed by atoms with E-state index < -0.39 is 0 Å². The lowest BCUT2D eigenvalue weighted by Crippen LogP contribution is -2.40. The third-order valence-electron chi connectivity index (χ3n) is 5.33. The fraction of sp³-hybridized carbons (Fsp3) is 0.435. The predicted octanol–water partition coefficient (Wildman–Crippen LogP) is 1.90. The number of rotatable bonds is 8. The van der Waals surface area contributed by atoms with E-state index in [1.165, 1.54) is 5.56 Å². The van der Waals surface area contributed by atoms with Crippen LogP contribution in [0.15, 0.2) is 53.7 Å². The molecule has 0 aliphatic carbocycles. The number of carbonyl (C=O) groups is 1. The van der Waals surface area contributed by atoms with E-state index >= 15 is 0 Å². The van der Waals surface area contributed by atoms with Gasteiger partial charge in [-0.3, -0.25) is 9.79 Å². The molecule has 0 bridgehead atoms. The van der Waals surface area contributed by atoms with Crippen molar-refractivity contribution < 1.29 is 4.79 Å². The van der Waals surface area contributed by atoms with Gasteiger partial charge in [0.25, 0.3) is 0 Å². The smallest absolute Gasteiger partial charge is 0.223 e. The fourth-order valence-electron chi connectivity index (χ4n) is 3.73. The molecule has 2 aromatic rings. The second-order valence-electron chi connectivity index (χ2n) is 7.83. The number of anilines is 1. The van der Waals surface area contributed by atoms with Crippen LogP contribution in [-0.4, -0.2) is 62.5 Å². The summed E-state index contributed by atoms with van der Waals surface area (Å²) in [5.74, 6) is 2.21. The SMILES string of the molecule is CN=C(NCc1cccnc1N(C)C)NCC1CC(=O)N(CCc2ccccc2)C1. The van der Waals surface area contributed by atoms with Crippen LogP contribution in [-0.2, 0) is 17.8 Å². The molecular formula is C23H32N6O. The molecule has 1 atom stereocenters. The minimum absolute atomic E-state index is 0.242. The maximum atomic E-state index is 12.4. The second-order valence-corrected chi connectivity index (χ2v) is 7.83. The first kappa shape index (κ1) is 21.6. The number of hydrogen-bond donors (Lipinski definition) is 2. The van der Waals surface area contributed by atoms with Crippen molar-refractivity contribution in [1.82, 2.24) is 20.5 Å². The molecule has 1 aromatic heterocycles. The maximum absolute atomic E-state index is 12.4. The van der Waals surface area contributed by atoms with Crippen molar-refractivity contribution in [2.24, 2.45) is 10.9 Å². The number of hydrogen-bond acceptors (Lipinski definition) is 4. The molecule has 2 N–H and O–H groups in total. The van der Waals surface area contributed by atoms with E-state index in [1.54, 1.807) is 13.2 Å². The van der Waals surface area contributed by atoms with Crippen LogP contribution in [0.3, 0.4) is 0 Å². The molecule has 30 heavy (non-hydrogen) atoms. The van der Waals surface area contributed by atoms with E-state index in [9.17, 15) is 4.79 Å². The molecule has 0 radical (unpaired) electrons. The lowest BCUT2D eigenvalue weighted by molar-refractivity contribution is -0.127. The Balaban J connectivity index is 1.44. The molecule has 1 unspecified atom stereocenters. The molecule has 0 saturated carbocycles. The molecule has 1 aliphatic heterocycles. The van der Waals surface area contributed by atoms with Crippen molar-refractivity contribution in [1.29, 1.82) is 0 Å². The summed E-state index contributed by atoms with van der Waals surface area (Å²) in [6, 6.07) is 14.3.